The minimum atomic E-state index is -0.628. The van der Waals surface area contributed by atoms with Crippen LogP contribution in [0.1, 0.15) is 73.1 Å². The maximum Gasteiger partial charge on any atom is 0.407 e. The Morgan fingerprint density at radius 1 is 1.05 bits per heavy atom. The van der Waals surface area contributed by atoms with E-state index in [2.05, 4.69) is 24.1 Å². The SMILES string of the molecule is Cc1ccc(-c2c(CNC(=O)OC(C)(C)C)c(CC(C)C)nc(C)c2C(=O)OCc2cccnc2)cc1. The van der Waals surface area contributed by atoms with Crippen LogP contribution in [0.2, 0.25) is 0 Å². The van der Waals surface area contributed by atoms with Gasteiger partial charge in [0.1, 0.15) is 12.2 Å². The average Bonchev–Trinajstić information content (AvgIpc) is 2.81. The van der Waals surface area contributed by atoms with E-state index in [0.717, 1.165) is 33.5 Å². The summed E-state index contributed by atoms with van der Waals surface area (Å²) in [6, 6.07) is 11.6. The standard InChI is InChI=1S/C30H37N3O4/c1-19(2)15-25-24(17-32-29(35)37-30(5,6)7)27(23-12-10-20(3)11-13-23)26(21(4)33-25)28(34)36-18-22-9-8-14-31-16-22/h8-14,16,19H,15,17-18H2,1-7H3,(H,32,35). The number of carbonyl (C=O) groups excluding carboxylic acids is 2. The molecule has 0 aliphatic carbocycles. The van der Waals surface area contributed by atoms with Crippen molar-refractivity contribution >= 4 is 12.1 Å². The van der Waals surface area contributed by atoms with Crippen LogP contribution in [0, 0.1) is 19.8 Å². The highest BCUT2D eigenvalue weighted by atomic mass is 16.6. The first-order chi connectivity index (χ1) is 17.4. The van der Waals surface area contributed by atoms with E-state index in [4.69, 9.17) is 14.5 Å². The van der Waals surface area contributed by atoms with Crippen molar-refractivity contribution in [3.05, 3.63) is 82.4 Å². The number of nitrogens with zero attached hydrogens (tertiary/aromatic N) is 2. The van der Waals surface area contributed by atoms with Gasteiger partial charge in [-0.1, -0.05) is 49.7 Å². The Balaban J connectivity index is 2.11. The Morgan fingerprint density at radius 2 is 1.76 bits per heavy atom. The molecule has 2 aromatic heterocycles. The third-order valence-corrected chi connectivity index (χ3v) is 5.61. The molecule has 196 valence electrons. The highest BCUT2D eigenvalue weighted by molar-refractivity contribution is 5.99. The van der Waals surface area contributed by atoms with Crippen molar-refractivity contribution in [3.8, 4) is 11.1 Å². The van der Waals surface area contributed by atoms with Gasteiger partial charge in [-0.3, -0.25) is 9.97 Å². The molecule has 7 heteroatoms. The number of aryl methyl sites for hydroxylation is 2. The van der Waals surface area contributed by atoms with Gasteiger partial charge in [0.25, 0.3) is 0 Å². The average molecular weight is 504 g/mol. The first kappa shape index (κ1) is 27.8. The summed E-state index contributed by atoms with van der Waals surface area (Å²) in [5.74, 6) is -0.152. The van der Waals surface area contributed by atoms with Crippen LogP contribution >= 0.6 is 0 Å². The smallest absolute Gasteiger partial charge is 0.407 e. The number of rotatable bonds is 8. The maximum absolute atomic E-state index is 13.5. The summed E-state index contributed by atoms with van der Waals surface area (Å²) < 4.78 is 11.2. The van der Waals surface area contributed by atoms with Crippen molar-refractivity contribution in [3.63, 3.8) is 0 Å². The van der Waals surface area contributed by atoms with Crippen molar-refractivity contribution in [1.29, 1.82) is 0 Å². The Morgan fingerprint density at radius 3 is 2.35 bits per heavy atom. The molecule has 0 unspecified atom stereocenters. The molecule has 0 aliphatic rings. The minimum Gasteiger partial charge on any atom is -0.457 e. The number of amides is 1. The molecule has 0 atom stereocenters. The molecule has 1 aromatic carbocycles. The van der Waals surface area contributed by atoms with Crippen molar-refractivity contribution in [1.82, 2.24) is 15.3 Å². The number of nitrogens with one attached hydrogen (secondary N) is 1. The summed E-state index contributed by atoms with van der Waals surface area (Å²) in [5.41, 5.74) is 5.44. The van der Waals surface area contributed by atoms with Gasteiger partial charge in [-0.15, -0.1) is 0 Å². The number of esters is 1. The van der Waals surface area contributed by atoms with Crippen molar-refractivity contribution in [2.45, 2.75) is 73.6 Å². The fourth-order valence-electron chi connectivity index (χ4n) is 4.02. The van der Waals surface area contributed by atoms with E-state index < -0.39 is 17.7 Å². The summed E-state index contributed by atoms with van der Waals surface area (Å²) in [4.78, 5) is 35.0. The van der Waals surface area contributed by atoms with Crippen LogP contribution in [0.5, 0.6) is 0 Å². The first-order valence-electron chi connectivity index (χ1n) is 12.6. The Kier molecular flexibility index (Phi) is 9.03. The number of benzene rings is 1. The highest BCUT2D eigenvalue weighted by Gasteiger charge is 2.26. The Hall–Kier alpha value is -3.74. The second-order valence-electron chi connectivity index (χ2n) is 10.6. The number of aromatic nitrogens is 2. The lowest BCUT2D eigenvalue weighted by Gasteiger charge is -2.23. The van der Waals surface area contributed by atoms with Crippen molar-refractivity contribution in [2.75, 3.05) is 0 Å². The molecule has 37 heavy (non-hydrogen) atoms. The number of alkyl carbamates (subject to hydrolysis) is 1. The molecule has 0 bridgehead atoms. The van der Waals surface area contributed by atoms with Crippen LogP contribution < -0.4 is 5.32 Å². The Labute approximate surface area is 219 Å². The van der Waals surface area contributed by atoms with Gasteiger partial charge in [-0.05, 0) is 58.6 Å². The summed E-state index contributed by atoms with van der Waals surface area (Å²) >= 11 is 0. The Bertz CT molecular complexity index is 1230. The molecule has 1 amide bonds. The first-order valence-corrected chi connectivity index (χ1v) is 12.6. The van der Waals surface area contributed by atoms with E-state index >= 15 is 0 Å². The molecular formula is C30H37N3O4. The van der Waals surface area contributed by atoms with Crippen LogP contribution in [0.25, 0.3) is 11.1 Å². The topological polar surface area (TPSA) is 90.4 Å². The van der Waals surface area contributed by atoms with Crippen molar-refractivity contribution in [2.24, 2.45) is 5.92 Å². The lowest BCUT2D eigenvalue weighted by Crippen LogP contribution is -2.32. The summed E-state index contributed by atoms with van der Waals surface area (Å²) in [6.07, 6.45) is 3.50. The second-order valence-corrected chi connectivity index (χ2v) is 10.6. The highest BCUT2D eigenvalue weighted by Crippen LogP contribution is 2.33. The largest absolute Gasteiger partial charge is 0.457 e. The van der Waals surface area contributed by atoms with Gasteiger partial charge in [0.05, 0.1) is 11.3 Å². The molecule has 0 fully saturated rings. The normalized spacial score (nSPS) is 11.4. The van der Waals surface area contributed by atoms with Crippen molar-refractivity contribution < 1.29 is 19.1 Å². The van der Waals surface area contributed by atoms with E-state index in [1.54, 1.807) is 18.5 Å². The number of pyridine rings is 2. The fourth-order valence-corrected chi connectivity index (χ4v) is 4.02. The van der Waals surface area contributed by atoms with E-state index in [0.29, 0.717) is 23.6 Å². The monoisotopic (exact) mass is 503 g/mol. The maximum atomic E-state index is 13.5. The fraction of sp³-hybridized carbons (Fsp3) is 0.400. The molecular weight excluding hydrogens is 466 g/mol. The lowest BCUT2D eigenvalue weighted by molar-refractivity contribution is 0.0471. The van der Waals surface area contributed by atoms with Crippen LogP contribution in [-0.4, -0.2) is 27.6 Å². The molecule has 1 N–H and O–H groups in total. The van der Waals surface area contributed by atoms with Gasteiger partial charge in [-0.25, -0.2) is 9.59 Å². The number of hydrogen-bond donors (Lipinski definition) is 1. The third-order valence-electron chi connectivity index (χ3n) is 5.61. The van der Waals surface area contributed by atoms with E-state index in [9.17, 15) is 9.59 Å². The zero-order valence-electron chi connectivity index (χ0n) is 22.8. The number of ether oxygens (including phenoxy) is 2. The number of hydrogen-bond acceptors (Lipinski definition) is 6. The number of carbonyl (C=O) groups is 2. The van der Waals surface area contributed by atoms with Gasteiger partial charge in [0.15, 0.2) is 0 Å². The van der Waals surface area contributed by atoms with Crippen LogP contribution in [-0.2, 0) is 29.0 Å². The molecule has 0 saturated carbocycles. The second kappa shape index (κ2) is 12.0. The molecule has 0 radical (unpaired) electrons. The summed E-state index contributed by atoms with van der Waals surface area (Å²) in [5, 5.41) is 2.87. The van der Waals surface area contributed by atoms with Gasteiger partial charge >= 0.3 is 12.1 Å². The third kappa shape index (κ3) is 7.87. The minimum absolute atomic E-state index is 0.0959. The molecule has 0 saturated heterocycles. The molecule has 7 nitrogen and oxygen atoms in total. The van der Waals surface area contributed by atoms with Crippen LogP contribution in [0.15, 0.2) is 48.8 Å². The molecule has 0 aliphatic heterocycles. The predicted molar refractivity (Wildman–Crippen MR) is 144 cm³/mol. The van der Waals surface area contributed by atoms with Gasteiger partial charge in [-0.2, -0.15) is 0 Å². The zero-order chi connectivity index (χ0) is 27.2. The van der Waals surface area contributed by atoms with E-state index in [1.807, 2.05) is 65.0 Å². The summed E-state index contributed by atoms with van der Waals surface area (Å²) in [7, 11) is 0. The lowest BCUT2D eigenvalue weighted by atomic mass is 9.89. The molecule has 0 spiro atoms. The van der Waals surface area contributed by atoms with Crippen LogP contribution in [0.3, 0.4) is 0 Å². The molecule has 3 rings (SSSR count). The van der Waals surface area contributed by atoms with Gasteiger partial charge < -0.3 is 14.8 Å². The zero-order valence-corrected chi connectivity index (χ0v) is 22.8. The molecule has 2 heterocycles. The van der Waals surface area contributed by atoms with E-state index in [-0.39, 0.29) is 13.2 Å². The van der Waals surface area contributed by atoms with E-state index in [1.165, 1.54) is 0 Å². The van der Waals surface area contributed by atoms with Gasteiger partial charge in [0.2, 0.25) is 0 Å². The van der Waals surface area contributed by atoms with Crippen LogP contribution in [0.4, 0.5) is 4.79 Å². The predicted octanol–water partition coefficient (Wildman–Crippen LogP) is 6.34. The summed E-state index contributed by atoms with van der Waals surface area (Å²) in [6.45, 7) is 13.8. The quantitative estimate of drug-likeness (QED) is 0.361. The molecule has 3 aromatic rings. The van der Waals surface area contributed by atoms with Gasteiger partial charge in [0, 0.05) is 41.3 Å².